The van der Waals surface area contributed by atoms with Crippen LogP contribution in [0.25, 0.3) is 0 Å². The number of aliphatic imine (C=N–C) groups is 1. The van der Waals surface area contributed by atoms with E-state index in [9.17, 15) is 0 Å². The summed E-state index contributed by atoms with van der Waals surface area (Å²) in [5.41, 5.74) is 2.37. The van der Waals surface area contributed by atoms with Crippen LogP contribution >= 0.6 is 35.3 Å². The van der Waals surface area contributed by atoms with Crippen LogP contribution in [0.1, 0.15) is 21.1 Å². The Morgan fingerprint density at radius 2 is 1.93 bits per heavy atom. The van der Waals surface area contributed by atoms with Gasteiger partial charge in [-0.1, -0.05) is 6.07 Å². The monoisotopic (exact) mass is 529 g/mol. The van der Waals surface area contributed by atoms with Gasteiger partial charge < -0.3 is 19.7 Å². The summed E-state index contributed by atoms with van der Waals surface area (Å²) in [6, 6.07) is 6.22. The number of thiazole rings is 1. The molecule has 0 atom stereocenters. The zero-order chi connectivity index (χ0) is 19.5. The number of piperazine rings is 1. The van der Waals surface area contributed by atoms with Gasteiger partial charge in [0.2, 0.25) is 6.79 Å². The van der Waals surface area contributed by atoms with Gasteiger partial charge in [0.1, 0.15) is 0 Å². The number of nitrogens with zero attached hydrogens (tertiary/aromatic N) is 4. The van der Waals surface area contributed by atoms with Gasteiger partial charge in [0.15, 0.2) is 17.5 Å². The minimum absolute atomic E-state index is 0. The van der Waals surface area contributed by atoms with Crippen molar-refractivity contribution in [3.8, 4) is 11.5 Å². The number of hydrogen-bond acceptors (Lipinski definition) is 6. The van der Waals surface area contributed by atoms with Crippen LogP contribution in [-0.4, -0.2) is 60.8 Å². The summed E-state index contributed by atoms with van der Waals surface area (Å²) in [5.74, 6) is 2.66. The second-order valence-corrected chi connectivity index (χ2v) is 8.38. The van der Waals surface area contributed by atoms with Crippen LogP contribution in [0.4, 0.5) is 0 Å². The normalized spacial score (nSPS) is 16.7. The van der Waals surface area contributed by atoms with E-state index < -0.39 is 0 Å². The number of guanidine groups is 1. The summed E-state index contributed by atoms with van der Waals surface area (Å²) in [4.78, 5) is 15.1. The first kappa shape index (κ1) is 22.1. The molecule has 0 aliphatic carbocycles. The molecular formula is C20H28IN5O2S. The van der Waals surface area contributed by atoms with Crippen molar-refractivity contribution in [2.24, 2.45) is 4.99 Å². The van der Waals surface area contributed by atoms with Gasteiger partial charge in [-0.05, 0) is 31.5 Å². The average molecular weight is 529 g/mol. The van der Waals surface area contributed by atoms with E-state index >= 15 is 0 Å². The van der Waals surface area contributed by atoms with E-state index in [1.54, 1.807) is 11.3 Å². The summed E-state index contributed by atoms with van der Waals surface area (Å²) < 4.78 is 10.9. The first-order valence-electron chi connectivity index (χ1n) is 9.62. The molecule has 2 aromatic rings. The van der Waals surface area contributed by atoms with Gasteiger partial charge in [0.25, 0.3) is 0 Å². The van der Waals surface area contributed by atoms with Crippen molar-refractivity contribution in [2.45, 2.75) is 26.9 Å². The van der Waals surface area contributed by atoms with Crippen molar-refractivity contribution >= 4 is 41.3 Å². The number of rotatable bonds is 4. The number of aromatic nitrogens is 1. The maximum atomic E-state index is 5.49. The van der Waals surface area contributed by atoms with Crippen molar-refractivity contribution in [3.63, 3.8) is 0 Å². The Labute approximate surface area is 193 Å². The highest BCUT2D eigenvalue weighted by molar-refractivity contribution is 14.0. The minimum atomic E-state index is 0. The molecule has 7 nitrogen and oxygen atoms in total. The number of hydrogen-bond donors (Lipinski definition) is 1. The van der Waals surface area contributed by atoms with Crippen LogP contribution in [-0.2, 0) is 13.1 Å². The predicted molar refractivity (Wildman–Crippen MR) is 127 cm³/mol. The van der Waals surface area contributed by atoms with Gasteiger partial charge in [-0.3, -0.25) is 9.89 Å². The molecule has 0 spiro atoms. The topological polar surface area (TPSA) is 62.2 Å². The first-order chi connectivity index (χ1) is 13.6. The molecule has 1 aromatic carbocycles. The van der Waals surface area contributed by atoms with Gasteiger partial charge >= 0.3 is 0 Å². The number of fused-ring (bicyclic) bond motifs is 1. The second-order valence-electron chi connectivity index (χ2n) is 7.09. The molecule has 158 valence electrons. The molecule has 3 heterocycles. The fourth-order valence-electron chi connectivity index (χ4n) is 3.64. The van der Waals surface area contributed by atoms with Crippen molar-refractivity contribution in [2.75, 3.05) is 40.0 Å². The average Bonchev–Trinajstić information content (AvgIpc) is 3.28. The standard InChI is InChI=1S/C20H27N5O2S.HI/c1-14-19(28-15(2)23-14)11-22-20(21-3)25-8-6-24(7-9-25)12-16-4-5-17-18(10-16)27-13-26-17;/h4-5,10H,6-9,11-13H2,1-3H3,(H,21,22);1H. The molecule has 9 heteroatoms. The molecule has 1 fully saturated rings. The maximum Gasteiger partial charge on any atom is 0.231 e. The van der Waals surface area contributed by atoms with Crippen LogP contribution in [0.3, 0.4) is 0 Å². The fraction of sp³-hybridized carbons (Fsp3) is 0.500. The van der Waals surface area contributed by atoms with E-state index in [1.165, 1.54) is 10.4 Å². The molecule has 1 aromatic heterocycles. The van der Waals surface area contributed by atoms with Gasteiger partial charge in [0, 0.05) is 44.6 Å². The van der Waals surface area contributed by atoms with Crippen LogP contribution in [0.5, 0.6) is 11.5 Å². The number of nitrogens with one attached hydrogen (secondary N) is 1. The Hall–Kier alpha value is -1.59. The maximum absolute atomic E-state index is 5.49. The lowest BCUT2D eigenvalue weighted by atomic mass is 10.1. The molecule has 0 saturated carbocycles. The van der Waals surface area contributed by atoms with Gasteiger partial charge in [-0.2, -0.15) is 0 Å². The molecule has 2 aliphatic heterocycles. The molecule has 0 bridgehead atoms. The number of aryl methyl sites for hydroxylation is 2. The predicted octanol–water partition coefficient (Wildman–Crippen LogP) is 3.00. The third-order valence-electron chi connectivity index (χ3n) is 5.13. The van der Waals surface area contributed by atoms with Crippen LogP contribution in [0, 0.1) is 13.8 Å². The highest BCUT2D eigenvalue weighted by Crippen LogP contribution is 2.32. The van der Waals surface area contributed by atoms with E-state index in [0.717, 1.165) is 67.4 Å². The van der Waals surface area contributed by atoms with Crippen molar-refractivity contribution in [1.29, 1.82) is 0 Å². The fourth-order valence-corrected chi connectivity index (χ4v) is 4.52. The van der Waals surface area contributed by atoms with E-state index in [4.69, 9.17) is 9.47 Å². The highest BCUT2D eigenvalue weighted by atomic mass is 127. The van der Waals surface area contributed by atoms with E-state index in [1.807, 2.05) is 13.1 Å². The van der Waals surface area contributed by atoms with Gasteiger partial charge in [0.05, 0.1) is 17.2 Å². The Morgan fingerprint density at radius 1 is 1.17 bits per heavy atom. The molecular weight excluding hydrogens is 501 g/mol. The molecule has 0 amide bonds. The molecule has 1 N–H and O–H groups in total. The Balaban J connectivity index is 0.00000240. The lowest BCUT2D eigenvalue weighted by molar-refractivity contribution is 0.171. The SMILES string of the molecule is CN=C(NCc1sc(C)nc1C)N1CCN(Cc2ccc3c(c2)OCO3)CC1.I. The zero-order valence-electron chi connectivity index (χ0n) is 17.1. The molecule has 1 saturated heterocycles. The molecule has 0 radical (unpaired) electrons. The van der Waals surface area contributed by atoms with Crippen molar-refractivity contribution in [3.05, 3.63) is 39.3 Å². The van der Waals surface area contributed by atoms with E-state index in [-0.39, 0.29) is 24.0 Å². The lowest BCUT2D eigenvalue weighted by Crippen LogP contribution is -2.52. The van der Waals surface area contributed by atoms with Crippen molar-refractivity contribution < 1.29 is 9.47 Å². The molecule has 2 aliphatic rings. The minimum Gasteiger partial charge on any atom is -0.454 e. The largest absolute Gasteiger partial charge is 0.454 e. The van der Waals surface area contributed by atoms with E-state index in [0.29, 0.717) is 6.79 Å². The third kappa shape index (κ3) is 5.32. The third-order valence-corrected chi connectivity index (χ3v) is 6.21. The smallest absolute Gasteiger partial charge is 0.231 e. The Kier molecular flexibility index (Phi) is 7.58. The Bertz CT molecular complexity index is 865. The lowest BCUT2D eigenvalue weighted by Gasteiger charge is -2.36. The van der Waals surface area contributed by atoms with Crippen molar-refractivity contribution in [1.82, 2.24) is 20.1 Å². The second kappa shape index (κ2) is 9.94. The first-order valence-corrected chi connectivity index (χ1v) is 10.4. The summed E-state index contributed by atoms with van der Waals surface area (Å²) >= 11 is 1.75. The molecule has 29 heavy (non-hydrogen) atoms. The van der Waals surface area contributed by atoms with Crippen LogP contribution in [0.2, 0.25) is 0 Å². The number of halogens is 1. The zero-order valence-corrected chi connectivity index (χ0v) is 20.3. The number of benzene rings is 1. The van der Waals surface area contributed by atoms with Crippen LogP contribution in [0.15, 0.2) is 23.2 Å². The highest BCUT2D eigenvalue weighted by Gasteiger charge is 2.21. The quantitative estimate of drug-likeness (QED) is 0.374. The summed E-state index contributed by atoms with van der Waals surface area (Å²) in [6.45, 7) is 10.1. The van der Waals surface area contributed by atoms with Gasteiger partial charge in [-0.15, -0.1) is 35.3 Å². The molecule has 4 rings (SSSR count). The van der Waals surface area contributed by atoms with Gasteiger partial charge in [-0.25, -0.2) is 4.98 Å². The van der Waals surface area contributed by atoms with E-state index in [2.05, 4.69) is 51.1 Å². The van der Waals surface area contributed by atoms with Crippen LogP contribution < -0.4 is 14.8 Å². The molecule has 0 unspecified atom stereocenters. The Morgan fingerprint density at radius 3 is 2.62 bits per heavy atom. The summed E-state index contributed by atoms with van der Waals surface area (Å²) in [5, 5.41) is 4.61. The number of ether oxygens (including phenoxy) is 2. The summed E-state index contributed by atoms with van der Waals surface area (Å²) in [7, 11) is 1.85. The summed E-state index contributed by atoms with van der Waals surface area (Å²) in [6.07, 6.45) is 0.